The molecular formula is C4H11FN2O2S. The molecule has 0 aliphatic rings. The van der Waals surface area contributed by atoms with E-state index in [4.69, 9.17) is 0 Å². The van der Waals surface area contributed by atoms with Crippen LogP contribution in [-0.4, -0.2) is 21.6 Å². The van der Waals surface area contributed by atoms with E-state index >= 15 is 0 Å². The van der Waals surface area contributed by atoms with Crippen molar-refractivity contribution in [1.82, 2.24) is 4.72 Å². The summed E-state index contributed by atoms with van der Waals surface area (Å²) in [5.74, 6) is 0. The zero-order valence-corrected chi connectivity index (χ0v) is 6.32. The molecule has 0 heterocycles. The highest BCUT2D eigenvalue weighted by Crippen LogP contribution is 1.86. The van der Waals surface area contributed by atoms with Gasteiger partial charge >= 0.3 is 0 Å². The fourth-order valence-electron chi connectivity index (χ4n) is 0.434. The molecule has 0 amide bonds. The van der Waals surface area contributed by atoms with Crippen molar-refractivity contribution in [2.75, 3.05) is 13.2 Å². The average molecular weight is 170 g/mol. The summed E-state index contributed by atoms with van der Waals surface area (Å²) in [5, 5.41) is 4.59. The quantitative estimate of drug-likeness (QED) is 0.547. The first-order valence-electron chi connectivity index (χ1n) is 2.89. The summed E-state index contributed by atoms with van der Waals surface area (Å²) in [6.07, 6.45) is 0.843. The van der Waals surface area contributed by atoms with Crippen molar-refractivity contribution in [1.29, 1.82) is 0 Å². The van der Waals surface area contributed by atoms with Gasteiger partial charge in [0.2, 0.25) is 0 Å². The zero-order valence-electron chi connectivity index (χ0n) is 5.51. The van der Waals surface area contributed by atoms with Gasteiger partial charge in [-0.1, -0.05) is 0 Å². The highest BCUT2D eigenvalue weighted by Gasteiger charge is 1.97. The lowest BCUT2D eigenvalue weighted by atomic mass is 10.3. The summed E-state index contributed by atoms with van der Waals surface area (Å²) in [6.45, 7) is -0.213. The summed E-state index contributed by atoms with van der Waals surface area (Å²) in [6, 6.07) is 0. The number of nitrogens with two attached hydrogens (primary N) is 1. The van der Waals surface area contributed by atoms with Crippen molar-refractivity contribution < 1.29 is 12.8 Å². The number of alkyl halides is 1. The Bertz CT molecular complexity index is 168. The molecule has 0 aromatic carbocycles. The van der Waals surface area contributed by atoms with Crippen molar-refractivity contribution >= 4 is 10.2 Å². The number of unbranched alkanes of at least 4 members (excludes halogenated alkanes) is 1. The van der Waals surface area contributed by atoms with Crippen molar-refractivity contribution in [3.05, 3.63) is 0 Å². The first-order valence-corrected chi connectivity index (χ1v) is 4.44. The Kier molecular flexibility index (Phi) is 4.50. The summed E-state index contributed by atoms with van der Waals surface area (Å²) >= 11 is 0. The van der Waals surface area contributed by atoms with Crippen LogP contribution in [0.25, 0.3) is 0 Å². The van der Waals surface area contributed by atoms with Crippen LogP contribution in [0.1, 0.15) is 12.8 Å². The molecule has 0 aromatic rings. The van der Waals surface area contributed by atoms with Crippen molar-refractivity contribution in [2.45, 2.75) is 12.8 Å². The third-order valence-electron chi connectivity index (χ3n) is 0.864. The molecule has 0 bridgehead atoms. The third kappa shape index (κ3) is 7.80. The molecule has 0 aliphatic heterocycles. The van der Waals surface area contributed by atoms with E-state index in [0.29, 0.717) is 12.8 Å². The summed E-state index contributed by atoms with van der Waals surface area (Å²) in [4.78, 5) is 0. The first kappa shape index (κ1) is 9.80. The van der Waals surface area contributed by atoms with Gasteiger partial charge in [-0.3, -0.25) is 4.39 Å². The number of rotatable bonds is 5. The van der Waals surface area contributed by atoms with E-state index in [-0.39, 0.29) is 6.54 Å². The van der Waals surface area contributed by atoms with Gasteiger partial charge in [0.15, 0.2) is 0 Å². The number of halogens is 1. The molecule has 62 valence electrons. The van der Waals surface area contributed by atoms with Crippen LogP contribution < -0.4 is 9.86 Å². The molecule has 0 spiro atoms. The Morgan fingerprint density at radius 2 is 2.00 bits per heavy atom. The zero-order chi connectivity index (χ0) is 8.04. The van der Waals surface area contributed by atoms with Crippen LogP contribution in [0, 0.1) is 0 Å². The van der Waals surface area contributed by atoms with Crippen molar-refractivity contribution in [3.63, 3.8) is 0 Å². The standard InChI is InChI=1S/C4H11FN2O2S/c5-3-1-2-4-7-10(6,8)9/h7H,1-4H2,(H2,6,8,9). The highest BCUT2D eigenvalue weighted by molar-refractivity contribution is 7.87. The molecule has 0 unspecified atom stereocenters. The van der Waals surface area contributed by atoms with Gasteiger partial charge in [-0.15, -0.1) is 0 Å². The van der Waals surface area contributed by atoms with Gasteiger partial charge in [0.1, 0.15) is 0 Å². The van der Waals surface area contributed by atoms with E-state index in [0.717, 1.165) is 0 Å². The predicted molar refractivity (Wildman–Crippen MR) is 36.3 cm³/mol. The van der Waals surface area contributed by atoms with Gasteiger partial charge in [0.05, 0.1) is 6.67 Å². The lowest BCUT2D eigenvalue weighted by Crippen LogP contribution is -2.31. The lowest BCUT2D eigenvalue weighted by Gasteiger charge is -1.98. The largest absolute Gasteiger partial charge is 0.274 e. The molecule has 0 saturated carbocycles. The van der Waals surface area contributed by atoms with Crippen LogP contribution in [-0.2, 0) is 10.2 Å². The van der Waals surface area contributed by atoms with Gasteiger partial charge < -0.3 is 0 Å². The molecule has 0 saturated heterocycles. The van der Waals surface area contributed by atoms with E-state index in [9.17, 15) is 12.8 Å². The molecule has 0 aromatic heterocycles. The minimum atomic E-state index is -3.58. The predicted octanol–water partition coefficient (Wildman–Crippen LogP) is -0.471. The molecule has 10 heavy (non-hydrogen) atoms. The normalized spacial score (nSPS) is 11.8. The minimum Gasteiger partial charge on any atom is -0.251 e. The van der Waals surface area contributed by atoms with Gasteiger partial charge in [-0.05, 0) is 12.8 Å². The van der Waals surface area contributed by atoms with Crippen LogP contribution in [0.4, 0.5) is 4.39 Å². The average Bonchev–Trinajstić information content (AvgIpc) is 1.78. The fourth-order valence-corrected chi connectivity index (χ4v) is 0.863. The molecule has 6 heteroatoms. The topological polar surface area (TPSA) is 72.2 Å². The summed E-state index contributed by atoms with van der Waals surface area (Å²) in [5.41, 5.74) is 0. The Morgan fingerprint density at radius 3 is 2.40 bits per heavy atom. The molecule has 4 nitrogen and oxygen atoms in total. The SMILES string of the molecule is NS(=O)(=O)NCCCCF. The third-order valence-corrected chi connectivity index (χ3v) is 1.47. The second kappa shape index (κ2) is 4.59. The van der Waals surface area contributed by atoms with Gasteiger partial charge in [-0.25, -0.2) is 9.86 Å². The molecule has 0 aliphatic carbocycles. The maximum absolute atomic E-state index is 11.4. The van der Waals surface area contributed by atoms with Crippen LogP contribution >= 0.6 is 0 Å². The minimum absolute atomic E-state index is 0.211. The fraction of sp³-hybridized carbons (Fsp3) is 1.00. The van der Waals surface area contributed by atoms with Crippen LogP contribution in [0.15, 0.2) is 0 Å². The monoisotopic (exact) mass is 170 g/mol. The van der Waals surface area contributed by atoms with Gasteiger partial charge in [-0.2, -0.15) is 8.42 Å². The second-order valence-corrected chi connectivity index (χ2v) is 3.21. The maximum Gasteiger partial charge on any atom is 0.274 e. The van der Waals surface area contributed by atoms with E-state index in [2.05, 4.69) is 5.14 Å². The summed E-state index contributed by atoms with van der Waals surface area (Å²) < 4.78 is 33.8. The van der Waals surface area contributed by atoms with E-state index < -0.39 is 16.9 Å². The molecule has 3 N–H and O–H groups in total. The Hall–Kier alpha value is -0.200. The molecule has 0 atom stereocenters. The molecular weight excluding hydrogens is 159 g/mol. The molecule has 0 radical (unpaired) electrons. The van der Waals surface area contributed by atoms with E-state index in [1.54, 1.807) is 0 Å². The van der Waals surface area contributed by atoms with Gasteiger partial charge in [0.25, 0.3) is 10.2 Å². The molecule has 0 fully saturated rings. The van der Waals surface area contributed by atoms with E-state index in [1.165, 1.54) is 0 Å². The van der Waals surface area contributed by atoms with E-state index in [1.807, 2.05) is 4.72 Å². The van der Waals surface area contributed by atoms with Gasteiger partial charge in [0, 0.05) is 6.54 Å². The first-order chi connectivity index (χ1) is 4.56. The summed E-state index contributed by atoms with van der Waals surface area (Å²) in [7, 11) is -3.58. The Balaban J connectivity index is 3.21. The maximum atomic E-state index is 11.4. The van der Waals surface area contributed by atoms with Crippen molar-refractivity contribution in [3.8, 4) is 0 Å². The Morgan fingerprint density at radius 1 is 1.40 bits per heavy atom. The van der Waals surface area contributed by atoms with Crippen LogP contribution in [0.3, 0.4) is 0 Å². The lowest BCUT2D eigenvalue weighted by molar-refractivity contribution is 0.460. The molecule has 0 rings (SSSR count). The number of hydrogen-bond donors (Lipinski definition) is 2. The van der Waals surface area contributed by atoms with Crippen LogP contribution in [0.2, 0.25) is 0 Å². The van der Waals surface area contributed by atoms with Crippen molar-refractivity contribution in [2.24, 2.45) is 5.14 Å². The van der Waals surface area contributed by atoms with Crippen LogP contribution in [0.5, 0.6) is 0 Å². The highest BCUT2D eigenvalue weighted by atomic mass is 32.2. The Labute approximate surface area is 59.8 Å². The smallest absolute Gasteiger partial charge is 0.251 e. The number of hydrogen-bond acceptors (Lipinski definition) is 2. The second-order valence-electron chi connectivity index (χ2n) is 1.84. The number of nitrogens with one attached hydrogen (secondary N) is 1.